The van der Waals surface area contributed by atoms with Gasteiger partial charge in [0.25, 0.3) is 0 Å². The highest BCUT2D eigenvalue weighted by atomic mass is 35.5. The molecule has 1 heterocycles. The molecule has 1 aliphatic heterocycles. The standard InChI is InChI=1S/C28H35ClF2N6O/c1-6-10-35-24(32-5)15-33-14-17(2)36-28-20(19(4)37-12-11-34-18(3)16-37)13-21(29)25(27(28)31)26-22(30)8-7-9-23(26)38/h7-10,13,18,33-34,38H,2,6,11-12,14-16H2,1,3-5H3/b20-19+,32-24?,35-10?,36-28?. The van der Waals surface area contributed by atoms with Gasteiger partial charge in [0, 0.05) is 68.0 Å². The number of aromatic hydroxyl groups is 1. The average Bonchev–Trinajstić information content (AvgIpc) is 2.88. The number of halogens is 3. The molecule has 1 unspecified atom stereocenters. The van der Waals surface area contributed by atoms with Gasteiger partial charge in [-0.1, -0.05) is 31.2 Å². The molecule has 204 valence electrons. The summed E-state index contributed by atoms with van der Waals surface area (Å²) in [5, 5.41) is 16.9. The molecule has 1 aromatic rings. The van der Waals surface area contributed by atoms with Crippen LogP contribution in [0, 0.1) is 5.82 Å². The van der Waals surface area contributed by atoms with E-state index in [0.717, 1.165) is 37.8 Å². The van der Waals surface area contributed by atoms with Gasteiger partial charge in [0.15, 0.2) is 5.83 Å². The second kappa shape index (κ2) is 13.6. The van der Waals surface area contributed by atoms with Gasteiger partial charge in [0.1, 0.15) is 23.1 Å². The molecule has 7 nitrogen and oxygen atoms in total. The summed E-state index contributed by atoms with van der Waals surface area (Å²) in [6.07, 6.45) is 4.14. The molecule has 38 heavy (non-hydrogen) atoms. The molecule has 0 spiro atoms. The molecule has 3 N–H and O–H groups in total. The summed E-state index contributed by atoms with van der Waals surface area (Å²) in [5.41, 5.74) is 1.04. The molecule has 2 aliphatic rings. The molecule has 1 fully saturated rings. The van der Waals surface area contributed by atoms with Crippen LogP contribution in [0.5, 0.6) is 5.75 Å². The Kier molecular flexibility index (Phi) is 10.5. The topological polar surface area (TPSA) is 84.6 Å². The lowest BCUT2D eigenvalue weighted by molar-refractivity contribution is 0.255. The predicted octanol–water partition coefficient (Wildman–Crippen LogP) is 4.97. The van der Waals surface area contributed by atoms with E-state index in [1.807, 2.05) is 13.8 Å². The van der Waals surface area contributed by atoms with Crippen molar-refractivity contribution in [1.29, 1.82) is 0 Å². The first-order valence-electron chi connectivity index (χ1n) is 12.6. The Hall–Kier alpha value is -3.14. The van der Waals surface area contributed by atoms with Gasteiger partial charge in [-0.15, -0.1) is 0 Å². The first-order valence-corrected chi connectivity index (χ1v) is 13.0. The molecule has 0 radical (unpaired) electrons. The van der Waals surface area contributed by atoms with Gasteiger partial charge in [-0.2, -0.15) is 0 Å². The molecular weight excluding hydrogens is 510 g/mol. The Morgan fingerprint density at radius 1 is 1.34 bits per heavy atom. The summed E-state index contributed by atoms with van der Waals surface area (Å²) in [6.45, 7) is 12.8. The molecule has 0 amide bonds. The van der Waals surface area contributed by atoms with Crippen LogP contribution < -0.4 is 10.6 Å². The number of nitrogens with zero attached hydrogens (tertiary/aromatic N) is 4. The van der Waals surface area contributed by atoms with E-state index in [-0.39, 0.29) is 34.5 Å². The van der Waals surface area contributed by atoms with E-state index in [1.165, 1.54) is 12.1 Å². The van der Waals surface area contributed by atoms with Crippen molar-refractivity contribution in [2.24, 2.45) is 15.0 Å². The van der Waals surface area contributed by atoms with E-state index in [9.17, 15) is 9.50 Å². The smallest absolute Gasteiger partial charge is 0.159 e. The van der Waals surface area contributed by atoms with Crippen molar-refractivity contribution in [2.75, 3.05) is 39.8 Å². The Balaban J connectivity index is 2.03. The number of hydrogen-bond donors (Lipinski definition) is 3. The maximum atomic E-state index is 16.2. The van der Waals surface area contributed by atoms with Crippen LogP contribution in [0.3, 0.4) is 0 Å². The lowest BCUT2D eigenvalue weighted by Crippen LogP contribution is -2.48. The maximum absolute atomic E-state index is 16.2. The number of phenolic OH excluding ortho intramolecular Hbond substituents is 1. The molecule has 0 aromatic heterocycles. The lowest BCUT2D eigenvalue weighted by atomic mass is 9.91. The largest absolute Gasteiger partial charge is 0.507 e. The number of allylic oxidation sites excluding steroid dienone is 6. The van der Waals surface area contributed by atoms with E-state index in [4.69, 9.17) is 11.6 Å². The van der Waals surface area contributed by atoms with Crippen LogP contribution in [-0.4, -0.2) is 73.6 Å². The van der Waals surface area contributed by atoms with E-state index in [1.54, 1.807) is 19.3 Å². The third kappa shape index (κ3) is 7.03. The van der Waals surface area contributed by atoms with Crippen molar-refractivity contribution in [3.05, 3.63) is 70.1 Å². The number of piperazine rings is 1. The SMILES string of the molecule is C=C(CNCC(N=CCC)=NC)N=C1C(F)=C(c2c(O)cccc2F)C(Cl)=C/C1=C(/C)N1CCNC(C)C1. The van der Waals surface area contributed by atoms with Crippen LogP contribution >= 0.6 is 11.6 Å². The zero-order chi connectivity index (χ0) is 27.8. The number of benzene rings is 1. The highest BCUT2D eigenvalue weighted by Gasteiger charge is 2.31. The number of rotatable bonds is 8. The van der Waals surface area contributed by atoms with E-state index in [0.29, 0.717) is 23.7 Å². The molecule has 0 saturated carbocycles. The minimum Gasteiger partial charge on any atom is -0.507 e. The summed E-state index contributed by atoms with van der Waals surface area (Å²) >= 11 is 6.54. The molecule has 0 bridgehead atoms. The van der Waals surface area contributed by atoms with E-state index < -0.39 is 17.4 Å². The van der Waals surface area contributed by atoms with Crippen molar-refractivity contribution < 1.29 is 13.9 Å². The summed E-state index contributed by atoms with van der Waals surface area (Å²) in [6, 6.07) is 4.02. The van der Waals surface area contributed by atoms with Gasteiger partial charge in [-0.3, -0.25) is 4.99 Å². The zero-order valence-electron chi connectivity index (χ0n) is 22.3. The van der Waals surface area contributed by atoms with Crippen molar-refractivity contribution in [1.82, 2.24) is 15.5 Å². The molecule has 10 heteroatoms. The summed E-state index contributed by atoms with van der Waals surface area (Å²) in [5.74, 6) is -1.42. The third-order valence-electron chi connectivity index (χ3n) is 6.23. The number of amidine groups is 1. The van der Waals surface area contributed by atoms with Crippen molar-refractivity contribution >= 4 is 34.9 Å². The predicted molar refractivity (Wildman–Crippen MR) is 153 cm³/mol. The molecular formula is C28H35ClF2N6O. The van der Waals surface area contributed by atoms with Crippen LogP contribution in [0.4, 0.5) is 8.78 Å². The summed E-state index contributed by atoms with van der Waals surface area (Å²) in [4.78, 5) is 15.1. The first-order chi connectivity index (χ1) is 18.2. The maximum Gasteiger partial charge on any atom is 0.159 e. The second-order valence-electron chi connectivity index (χ2n) is 9.11. The number of aliphatic imine (C=N–C) groups is 3. The Labute approximate surface area is 228 Å². The third-order valence-corrected chi connectivity index (χ3v) is 6.53. The normalized spacial score (nSPS) is 21.4. The van der Waals surface area contributed by atoms with Gasteiger partial charge >= 0.3 is 0 Å². The molecule has 1 aromatic carbocycles. The number of nitrogens with one attached hydrogen (secondary N) is 2. The van der Waals surface area contributed by atoms with Crippen LogP contribution in [0.15, 0.2) is 73.7 Å². The zero-order valence-corrected chi connectivity index (χ0v) is 23.0. The Morgan fingerprint density at radius 3 is 2.76 bits per heavy atom. The van der Waals surface area contributed by atoms with Gasteiger partial charge in [0.05, 0.1) is 17.1 Å². The highest BCUT2D eigenvalue weighted by Crippen LogP contribution is 2.42. The second-order valence-corrected chi connectivity index (χ2v) is 9.51. The number of hydrogen-bond acceptors (Lipinski definition) is 6. The molecule has 1 aliphatic carbocycles. The van der Waals surface area contributed by atoms with Crippen LogP contribution in [0.25, 0.3) is 5.57 Å². The first kappa shape index (κ1) is 29.4. The highest BCUT2D eigenvalue weighted by molar-refractivity contribution is 6.41. The Bertz CT molecular complexity index is 1230. The fraction of sp³-hybridized carbons (Fsp3) is 0.393. The lowest BCUT2D eigenvalue weighted by Gasteiger charge is -2.35. The van der Waals surface area contributed by atoms with E-state index in [2.05, 4.69) is 44.0 Å². The quantitative estimate of drug-likeness (QED) is 0.319. The molecule has 1 atom stereocenters. The van der Waals surface area contributed by atoms with Crippen molar-refractivity contribution in [3.8, 4) is 5.75 Å². The van der Waals surface area contributed by atoms with Crippen LogP contribution in [-0.2, 0) is 0 Å². The van der Waals surface area contributed by atoms with Gasteiger partial charge in [-0.05, 0) is 38.5 Å². The fourth-order valence-electron chi connectivity index (χ4n) is 4.29. The van der Waals surface area contributed by atoms with Crippen LogP contribution in [0.2, 0.25) is 0 Å². The van der Waals surface area contributed by atoms with Gasteiger partial charge < -0.3 is 20.6 Å². The van der Waals surface area contributed by atoms with Crippen LogP contribution in [0.1, 0.15) is 32.8 Å². The Morgan fingerprint density at radius 2 is 2.11 bits per heavy atom. The summed E-state index contributed by atoms with van der Waals surface area (Å²) < 4.78 is 31.0. The minimum absolute atomic E-state index is 0.0177. The number of phenols is 1. The minimum atomic E-state index is -0.833. The average molecular weight is 545 g/mol. The molecule has 3 rings (SSSR count). The van der Waals surface area contributed by atoms with Gasteiger partial charge in [-0.25, -0.2) is 18.8 Å². The van der Waals surface area contributed by atoms with Crippen molar-refractivity contribution in [2.45, 2.75) is 33.2 Å². The molecule has 1 saturated heterocycles. The van der Waals surface area contributed by atoms with E-state index >= 15 is 4.39 Å². The van der Waals surface area contributed by atoms with Gasteiger partial charge in [0.2, 0.25) is 0 Å². The monoisotopic (exact) mass is 544 g/mol. The fourth-order valence-corrected chi connectivity index (χ4v) is 4.57. The summed E-state index contributed by atoms with van der Waals surface area (Å²) in [7, 11) is 1.66. The van der Waals surface area contributed by atoms with Crippen molar-refractivity contribution in [3.63, 3.8) is 0 Å².